The number of nitro groups is 1. The number of aromatic carboxylic acids is 1. The smallest absolute Gasteiger partial charge is 0.340 e. The molecule has 10 unspecified atom stereocenters. The molecule has 2 heterocycles. The number of thioether (sulfide) groups is 3. The first kappa shape index (κ1) is 112. The van der Waals surface area contributed by atoms with Crippen LogP contribution in [0.4, 0.5) is 11.4 Å². The molecule has 0 saturated carbocycles. The Balaban J connectivity index is 0.000000475. The minimum Gasteiger partial charge on any atom is -0.510 e. The number of hydrogen-bond donors (Lipinski definition) is 28. The number of Topliss-reactive ketones (excluding diaryl/α,β-unsaturated/α-hetero) is 1. The van der Waals surface area contributed by atoms with Crippen LogP contribution in [0.5, 0.6) is 23.0 Å². The molecule has 56 heteroatoms. The molecule has 6 rings (SSSR count). The highest BCUT2D eigenvalue weighted by Gasteiger charge is 2.49. The maximum absolute atomic E-state index is 12.7. The lowest BCUT2D eigenvalue weighted by Crippen LogP contribution is -2.59. The van der Waals surface area contributed by atoms with Crippen LogP contribution in [0.25, 0.3) is 0 Å². The molecule has 2 saturated heterocycles. The fourth-order valence-electron chi connectivity index (χ4n) is 10.5. The molecule has 0 radical (unpaired) electrons. The number of benzene rings is 4. The number of esters is 1. The Bertz CT molecular complexity index is 4820. The van der Waals surface area contributed by atoms with E-state index in [1.54, 1.807) is 12.1 Å². The van der Waals surface area contributed by atoms with Gasteiger partial charge < -0.3 is 167 Å². The number of nitro benzene ring substituents is 1. The summed E-state index contributed by atoms with van der Waals surface area (Å²) in [5.41, 5.74) is 26.3. The molecule has 130 heavy (non-hydrogen) atoms. The van der Waals surface area contributed by atoms with E-state index < -0.39 is 275 Å². The van der Waals surface area contributed by atoms with Crippen molar-refractivity contribution in [2.45, 2.75) is 159 Å². The first-order valence-corrected chi connectivity index (χ1v) is 41.4. The molecular formula is C74H94IN13O39S3. The topological polar surface area (TPSA) is 908 Å². The van der Waals surface area contributed by atoms with Crippen LogP contribution < -0.4 is 70.6 Å². The number of nitrogens with zero attached hydrogens (tertiary/aromatic N) is 1. The Labute approximate surface area is 759 Å². The molecule has 16 atom stereocenters. The zero-order valence-electron chi connectivity index (χ0n) is 68.2. The van der Waals surface area contributed by atoms with Crippen LogP contribution in [-0.4, -0.2) is 323 Å². The van der Waals surface area contributed by atoms with Crippen LogP contribution in [0, 0.1) is 19.6 Å². The summed E-state index contributed by atoms with van der Waals surface area (Å²) in [5, 5.41) is 183. The van der Waals surface area contributed by atoms with Crippen molar-refractivity contribution >= 4 is 170 Å². The molecule has 0 spiro atoms. The van der Waals surface area contributed by atoms with E-state index in [1.807, 2.05) is 13.1 Å². The first-order chi connectivity index (χ1) is 60.6. The van der Waals surface area contributed by atoms with Gasteiger partial charge in [-0.05, 0) is 103 Å². The lowest BCUT2D eigenvalue weighted by Gasteiger charge is -2.39. The Morgan fingerprint density at radius 2 is 0.938 bits per heavy atom. The number of carboxylic acid groups (broad SMARTS) is 7. The molecule has 714 valence electrons. The number of ketones is 1. The molecule has 4 aromatic rings. The highest BCUT2D eigenvalue weighted by molar-refractivity contribution is 14.1. The number of halogens is 1. The van der Waals surface area contributed by atoms with Crippen molar-refractivity contribution < 1.29 is 187 Å². The summed E-state index contributed by atoms with van der Waals surface area (Å²) in [6, 6.07) is 4.18. The Hall–Kier alpha value is -12.6. The second kappa shape index (κ2) is 53.4. The van der Waals surface area contributed by atoms with Gasteiger partial charge in [-0.15, -0.1) is 35.3 Å². The average molecular weight is 2010 g/mol. The van der Waals surface area contributed by atoms with Crippen molar-refractivity contribution in [3.63, 3.8) is 0 Å². The lowest BCUT2D eigenvalue weighted by atomic mass is 9.91. The van der Waals surface area contributed by atoms with Crippen LogP contribution in [-0.2, 0) is 76.5 Å². The SMILES string of the molecule is C=C(O)C1OC(Oc2cc(C(=O)O)cc(O)c2SCC(NC(=O)CCC(N)C(=O)O)C(=O)NCC(=O)O)[C@H](O)[C@@H](O)[C@@H]1O.CC(=O)CNC(=O)C(CSc1ccc(C(N)=O)cc1[N+](=O)[O-])NC(=O)CCC(N)C(=O)O.CNc1cc(C(N)=O)ccc1I.C[C@@H]1C(C(=O)O)OC(OC(=O)c2cc(O)c(SCC(NC(=O)CCC(N)C(=O)O)C(=O)NCC(=O)O)c(O)c2)[C@H](O)[C@H]1O. The number of ether oxygens (including phenoxy) is 4. The van der Waals surface area contributed by atoms with Gasteiger partial charge in [-0.25, -0.2) is 14.4 Å². The minimum absolute atomic E-state index is 0.0696. The number of hydrogen-bond acceptors (Lipinski definition) is 39. The van der Waals surface area contributed by atoms with Crippen LogP contribution in [0.15, 0.2) is 87.7 Å². The van der Waals surface area contributed by atoms with Gasteiger partial charge in [0.1, 0.15) is 114 Å². The predicted molar refractivity (Wildman–Crippen MR) is 453 cm³/mol. The summed E-state index contributed by atoms with van der Waals surface area (Å²) in [4.78, 5) is 208. The summed E-state index contributed by atoms with van der Waals surface area (Å²) in [5.74, 6) is -22.9. The van der Waals surface area contributed by atoms with Gasteiger partial charge in [0.25, 0.3) is 5.69 Å². The summed E-state index contributed by atoms with van der Waals surface area (Å²) >= 11 is 4.28. The number of aromatic hydroxyl groups is 3. The molecule has 2 aliphatic rings. The molecule has 2 aliphatic heterocycles. The Kier molecular flexibility index (Phi) is 45.8. The number of nitrogens with one attached hydrogen (secondary N) is 7. The van der Waals surface area contributed by atoms with Gasteiger partial charge in [0, 0.05) is 75.9 Å². The third kappa shape index (κ3) is 36.1. The van der Waals surface area contributed by atoms with E-state index in [0.717, 1.165) is 51.4 Å². The van der Waals surface area contributed by atoms with Crippen LogP contribution in [0.2, 0.25) is 0 Å². The number of anilines is 1. The molecule has 33 N–H and O–H groups in total. The summed E-state index contributed by atoms with van der Waals surface area (Å²) in [7, 11) is 1.81. The average Bonchev–Trinajstić information content (AvgIpc) is 0.787. The Morgan fingerprint density at radius 1 is 0.531 bits per heavy atom. The highest BCUT2D eigenvalue weighted by atomic mass is 127. The van der Waals surface area contributed by atoms with Gasteiger partial charge in [-0.1, -0.05) is 13.5 Å². The molecule has 4 aromatic carbocycles. The molecule has 0 aliphatic carbocycles. The van der Waals surface area contributed by atoms with Crippen molar-refractivity contribution in [1.29, 1.82) is 0 Å². The van der Waals surface area contributed by atoms with E-state index in [0.29, 0.717) is 29.1 Å². The number of aliphatic hydroxyl groups excluding tert-OH is 6. The molecule has 8 amide bonds. The number of aliphatic hydroxyl groups is 6. The third-order valence-electron chi connectivity index (χ3n) is 17.5. The maximum atomic E-state index is 12.7. The number of primary amides is 2. The number of carbonyl (C=O) groups is 17. The van der Waals surface area contributed by atoms with E-state index in [9.17, 15) is 148 Å². The van der Waals surface area contributed by atoms with Crippen LogP contribution >= 0.6 is 57.9 Å². The first-order valence-electron chi connectivity index (χ1n) is 37.3. The molecule has 0 aromatic heterocycles. The van der Waals surface area contributed by atoms with E-state index in [-0.39, 0.29) is 69.8 Å². The lowest BCUT2D eigenvalue weighted by molar-refractivity contribution is -0.387. The fourth-order valence-corrected chi connectivity index (χ4v) is 14.1. The zero-order chi connectivity index (χ0) is 98.7. The Morgan fingerprint density at radius 3 is 1.35 bits per heavy atom. The van der Waals surface area contributed by atoms with Crippen molar-refractivity contribution in [3.8, 4) is 23.0 Å². The monoisotopic (exact) mass is 2010 g/mol. The number of carboxylic acids is 7. The number of aliphatic carboxylic acids is 6. The van der Waals surface area contributed by atoms with Crippen LogP contribution in [0.1, 0.15) is 93.8 Å². The van der Waals surface area contributed by atoms with Crippen molar-refractivity contribution in [2.24, 2.45) is 34.6 Å². The van der Waals surface area contributed by atoms with Gasteiger partial charge in [-0.2, -0.15) is 0 Å². The molecule has 52 nitrogen and oxygen atoms in total. The number of amides is 8. The number of phenols is 3. The largest absolute Gasteiger partial charge is 0.510 e. The second-order valence-electron chi connectivity index (χ2n) is 27.5. The number of phenolic OH excluding ortho intramolecular Hbond substituents is 3. The summed E-state index contributed by atoms with van der Waals surface area (Å²) in [6.07, 6.45) is -18.0. The second-order valence-corrected chi connectivity index (χ2v) is 31.8. The molecular weight excluding hydrogens is 1920 g/mol. The van der Waals surface area contributed by atoms with Gasteiger partial charge in [0.2, 0.25) is 59.8 Å². The summed E-state index contributed by atoms with van der Waals surface area (Å²) in [6.45, 7) is 3.85. The summed E-state index contributed by atoms with van der Waals surface area (Å²) < 4.78 is 21.9. The van der Waals surface area contributed by atoms with E-state index >= 15 is 0 Å². The van der Waals surface area contributed by atoms with Gasteiger partial charge in [-0.3, -0.25) is 77.2 Å². The van der Waals surface area contributed by atoms with Gasteiger partial charge in [0.15, 0.2) is 6.10 Å². The normalized spacial score (nSPS) is 19.1. The third-order valence-corrected chi connectivity index (χ3v) is 22.1. The minimum atomic E-state index is -1.95. The van der Waals surface area contributed by atoms with Crippen molar-refractivity contribution in [2.75, 3.05) is 49.3 Å². The maximum Gasteiger partial charge on any atom is 0.340 e. The van der Waals surface area contributed by atoms with Crippen molar-refractivity contribution in [1.82, 2.24) is 31.9 Å². The number of rotatable bonds is 44. The quantitative estimate of drug-likeness (QED) is 0.00494. The van der Waals surface area contributed by atoms with Crippen LogP contribution in [0.3, 0.4) is 0 Å². The highest BCUT2D eigenvalue weighted by Crippen LogP contribution is 2.42. The van der Waals surface area contributed by atoms with Gasteiger partial charge >= 0.3 is 47.8 Å². The standard InChI is InChI=1S/2C24H31N3O15S.C18H23N5O8S.C8H9IN2O/c1-8(28)19-17(34)16(33)18(35)24(42-19)41-13-5-9(22(37)38)4-12(29)20(13)43-7-11(21(36)26-6-15(31)32)27-14(30)3-2-10(25)23(39)40;1-8-16(33)17(34)24(41-18(8)22(38)39)42-23(40)9-4-12(28)19(13(29)5-9)43-7-11(20(35)26-6-15(31)32)27-14(30)3-2-10(25)21(36)37;1-9(24)7-21-17(27)12(22-15(25)5-3-11(19)18(28)29)8-32-14-4-2-10(16(20)26)6-13(14)23(30)31;1-11-7-4-5(8(10)12)2-3-6(7)9/h4-5,10-11,16-19,24,28-29,33-35H,1-3,6-7,25H2,(H,26,36)(H,27,30)(H,31,32)(H,37,38)(H,39,40);4-5,8,10-11,16-18,24,28-29,33-34H,2-3,6-7,25H2,1H3,(H,26,35)(H,27,30)(H,31,32)(H,36,37)(H,38,39);2,4,6,11-12H,3,5,7-8,19H2,1H3,(H2,20,26)(H,21,27)(H,22,25)(H,28,29);2-4,11H,1H3,(H2,10,12)/t10?,11?,16-,17-,18+,19?,24?;8-,10?,11?,16-,17+,18?,24?;;/m00../s1. The zero-order valence-corrected chi connectivity index (χ0v) is 72.8. The van der Waals surface area contributed by atoms with E-state index in [2.05, 4.69) is 66.4 Å². The molecule has 2 fully saturated rings. The molecule has 0 bridgehead atoms. The number of carbonyl (C=O) groups excluding carboxylic acids is 10. The van der Waals surface area contributed by atoms with E-state index in [1.165, 1.54) is 26.0 Å². The number of nitrogens with two attached hydrogens (primary N) is 5. The predicted octanol–water partition coefficient (Wildman–Crippen LogP) is -4.69. The fraction of sp³-hybridized carbons (Fsp3) is 0.419. The van der Waals surface area contributed by atoms with Gasteiger partial charge in [0.05, 0.1) is 43.4 Å². The van der Waals surface area contributed by atoms with E-state index in [4.69, 9.17) is 73.1 Å². The van der Waals surface area contributed by atoms with Crippen molar-refractivity contribution in [3.05, 3.63) is 109 Å².